The van der Waals surface area contributed by atoms with Crippen LogP contribution in [0, 0.1) is 13.8 Å². The molecule has 1 N–H and O–H groups in total. The number of ether oxygens (including phenoxy) is 5. The van der Waals surface area contributed by atoms with Gasteiger partial charge in [0, 0.05) is 12.8 Å². The third kappa shape index (κ3) is 13.1. The molecule has 0 spiro atoms. The molecule has 4 aromatic carbocycles. The van der Waals surface area contributed by atoms with Gasteiger partial charge in [-0.25, -0.2) is 0 Å². The van der Waals surface area contributed by atoms with Crippen molar-refractivity contribution < 1.29 is 59.4 Å². The molecule has 274 valence electrons. The molecule has 10 nitrogen and oxygen atoms in total. The van der Waals surface area contributed by atoms with E-state index in [0.717, 1.165) is 22.3 Å². The second kappa shape index (κ2) is 20.2. The molecule has 0 saturated heterocycles. The van der Waals surface area contributed by atoms with Gasteiger partial charge in [0.25, 0.3) is 0 Å². The van der Waals surface area contributed by atoms with Gasteiger partial charge in [0.2, 0.25) is 0 Å². The first-order valence-electron chi connectivity index (χ1n) is 15.7. The summed E-state index contributed by atoms with van der Waals surface area (Å²) >= 11 is 0. The van der Waals surface area contributed by atoms with Gasteiger partial charge in [-0.2, -0.15) is 21.6 Å². The highest BCUT2D eigenvalue weighted by atomic mass is 32.2. The van der Waals surface area contributed by atoms with E-state index in [0.29, 0.717) is 87.7 Å². The van der Waals surface area contributed by atoms with Crippen molar-refractivity contribution in [2.45, 2.75) is 45.4 Å². The summed E-state index contributed by atoms with van der Waals surface area (Å²) in [7, 11) is -5.84. The molecule has 0 fully saturated rings. The van der Waals surface area contributed by atoms with Crippen LogP contribution in [0.15, 0.2) is 84.9 Å². The van der Waals surface area contributed by atoms with E-state index in [1.165, 1.54) is 0 Å². The SMILES string of the molecule is Cc1ccc(C=O)c(Oc2c(C=O)ccc(C)c2OCCCOCc2ccccc2)c1OCCCOCc1ccccc1.O=S(=O)(O)C(F)(F)F. The number of hydrogen-bond acceptors (Lipinski definition) is 9. The van der Waals surface area contributed by atoms with Crippen molar-refractivity contribution in [3.05, 3.63) is 118 Å². The van der Waals surface area contributed by atoms with E-state index in [4.69, 9.17) is 36.7 Å². The van der Waals surface area contributed by atoms with Gasteiger partial charge in [0.15, 0.2) is 35.6 Å². The first-order valence-corrected chi connectivity index (χ1v) is 17.2. The van der Waals surface area contributed by atoms with E-state index in [1.54, 1.807) is 12.1 Å². The molecular weight excluding hydrogens is 693 g/mol. The number of carbonyl (C=O) groups is 2. The zero-order chi connectivity index (χ0) is 37.3. The summed E-state index contributed by atoms with van der Waals surface area (Å²) < 4.78 is 87.7. The second-order valence-electron chi connectivity index (χ2n) is 11.0. The van der Waals surface area contributed by atoms with Gasteiger partial charge < -0.3 is 23.7 Å². The Morgan fingerprint density at radius 1 is 0.608 bits per heavy atom. The van der Waals surface area contributed by atoms with Crippen LogP contribution in [0.5, 0.6) is 23.0 Å². The predicted octanol–water partition coefficient (Wildman–Crippen LogP) is 8.09. The highest BCUT2D eigenvalue weighted by molar-refractivity contribution is 7.86. The molecule has 0 aliphatic rings. The molecule has 0 aromatic heterocycles. The van der Waals surface area contributed by atoms with Crippen LogP contribution in [0.4, 0.5) is 13.2 Å². The third-order valence-electron chi connectivity index (χ3n) is 7.01. The maximum atomic E-state index is 12.0. The zero-order valence-corrected chi connectivity index (χ0v) is 28.9. The lowest BCUT2D eigenvalue weighted by atomic mass is 10.1. The van der Waals surface area contributed by atoms with E-state index >= 15 is 0 Å². The first kappa shape index (κ1) is 40.7. The number of rotatable bonds is 18. The number of halogens is 3. The number of benzene rings is 4. The van der Waals surface area contributed by atoms with E-state index in [9.17, 15) is 22.8 Å². The fraction of sp³-hybridized carbons (Fsp3) is 0.297. The molecule has 0 amide bonds. The number of carbonyl (C=O) groups excluding carboxylic acids is 2. The lowest BCUT2D eigenvalue weighted by molar-refractivity contribution is -0.0510. The minimum atomic E-state index is -5.84. The standard InChI is InChI=1S/C36H38O7.CHF3O3S/c1-27-15-17-31(23-37)35(33(27)41-21-9-19-39-25-29-11-5-3-6-12-29)43-36-32(24-38)18-16-28(2)34(36)42-22-10-20-40-26-30-13-7-4-8-14-30;2-1(3,4)8(5,6)7/h3-8,11-18,23-24H,9-10,19-22,25-26H2,1-2H3;(H,5,6,7). The zero-order valence-electron chi connectivity index (χ0n) is 28.1. The number of hydrogen-bond donors (Lipinski definition) is 1. The predicted molar refractivity (Wildman–Crippen MR) is 183 cm³/mol. The average Bonchev–Trinajstić information content (AvgIpc) is 3.10. The lowest BCUT2D eigenvalue weighted by Crippen LogP contribution is -2.21. The van der Waals surface area contributed by atoms with Crippen molar-refractivity contribution in [1.82, 2.24) is 0 Å². The van der Waals surface area contributed by atoms with Crippen molar-refractivity contribution in [2.24, 2.45) is 0 Å². The number of aldehydes is 2. The van der Waals surface area contributed by atoms with Crippen molar-refractivity contribution in [1.29, 1.82) is 0 Å². The third-order valence-corrected chi connectivity index (χ3v) is 7.60. The summed E-state index contributed by atoms with van der Waals surface area (Å²) in [4.78, 5) is 24.1. The summed E-state index contributed by atoms with van der Waals surface area (Å²) in [6.07, 6.45) is 2.71. The summed E-state index contributed by atoms with van der Waals surface area (Å²) in [6.45, 7) is 6.55. The van der Waals surface area contributed by atoms with Crippen molar-refractivity contribution in [2.75, 3.05) is 26.4 Å². The van der Waals surface area contributed by atoms with Gasteiger partial charge in [0.05, 0.1) is 50.8 Å². The van der Waals surface area contributed by atoms with Crippen LogP contribution in [0.25, 0.3) is 0 Å². The molecule has 4 aromatic rings. The van der Waals surface area contributed by atoms with E-state index < -0.39 is 15.6 Å². The van der Waals surface area contributed by atoms with Crippen molar-refractivity contribution in [3.8, 4) is 23.0 Å². The van der Waals surface area contributed by atoms with Crippen LogP contribution in [0.3, 0.4) is 0 Å². The Bertz CT molecular complexity index is 1690. The van der Waals surface area contributed by atoms with Gasteiger partial charge >= 0.3 is 15.6 Å². The van der Waals surface area contributed by atoms with Crippen LogP contribution < -0.4 is 14.2 Å². The summed E-state index contributed by atoms with van der Waals surface area (Å²) in [5.41, 5.74) is -1.12. The Labute approximate surface area is 294 Å². The van der Waals surface area contributed by atoms with E-state index in [1.807, 2.05) is 86.6 Å². The molecule has 0 heterocycles. The van der Waals surface area contributed by atoms with E-state index in [-0.39, 0.29) is 11.5 Å². The molecule has 51 heavy (non-hydrogen) atoms. The molecule has 0 aliphatic carbocycles. The fourth-order valence-electron chi connectivity index (χ4n) is 4.41. The molecule has 0 unspecified atom stereocenters. The van der Waals surface area contributed by atoms with Crippen LogP contribution in [-0.2, 0) is 32.8 Å². The van der Waals surface area contributed by atoms with Gasteiger partial charge in [-0.3, -0.25) is 14.1 Å². The summed E-state index contributed by atoms with van der Waals surface area (Å²) in [6, 6.07) is 26.9. The minimum absolute atomic E-state index is 0.241. The maximum Gasteiger partial charge on any atom is 0.522 e. The van der Waals surface area contributed by atoms with Crippen molar-refractivity contribution in [3.63, 3.8) is 0 Å². The molecule has 14 heteroatoms. The Morgan fingerprint density at radius 2 is 0.980 bits per heavy atom. The van der Waals surface area contributed by atoms with Gasteiger partial charge in [-0.1, -0.05) is 72.8 Å². The molecule has 4 rings (SSSR count). The van der Waals surface area contributed by atoms with Crippen LogP contribution in [-0.4, -0.2) is 57.5 Å². The van der Waals surface area contributed by atoms with Crippen LogP contribution in [0.2, 0.25) is 0 Å². The molecule has 0 atom stereocenters. The van der Waals surface area contributed by atoms with Gasteiger partial charge in [0.1, 0.15) is 0 Å². The minimum Gasteiger partial charge on any atom is -0.489 e. The van der Waals surface area contributed by atoms with Crippen LogP contribution >= 0.6 is 0 Å². The summed E-state index contributed by atoms with van der Waals surface area (Å²) in [5, 5.41) is 0. The largest absolute Gasteiger partial charge is 0.522 e. The number of aryl methyl sites for hydroxylation is 2. The first-order chi connectivity index (χ1) is 24.4. The highest BCUT2D eigenvalue weighted by Gasteiger charge is 2.44. The second-order valence-corrected chi connectivity index (χ2v) is 12.4. The highest BCUT2D eigenvalue weighted by Crippen LogP contribution is 2.43. The maximum absolute atomic E-state index is 12.0. The van der Waals surface area contributed by atoms with Gasteiger partial charge in [-0.05, 0) is 48.2 Å². The molecule has 0 aliphatic heterocycles. The number of alkyl halides is 3. The smallest absolute Gasteiger partial charge is 0.489 e. The average molecular weight is 733 g/mol. The Hall–Kier alpha value is -4.76. The van der Waals surface area contributed by atoms with Crippen molar-refractivity contribution >= 4 is 22.7 Å². The Balaban J connectivity index is 0.000000783. The van der Waals surface area contributed by atoms with E-state index in [2.05, 4.69) is 0 Å². The molecule has 0 bridgehead atoms. The molecule has 0 saturated carbocycles. The lowest BCUT2D eigenvalue weighted by Gasteiger charge is -2.20. The Kier molecular flexibility index (Phi) is 16.1. The quantitative estimate of drug-likeness (QED) is 0.0463. The van der Waals surface area contributed by atoms with Crippen LogP contribution in [0.1, 0.15) is 55.8 Å². The fourth-order valence-corrected chi connectivity index (χ4v) is 4.41. The Morgan fingerprint density at radius 3 is 1.31 bits per heavy atom. The topological polar surface area (TPSA) is 135 Å². The molecular formula is C37H39F3O10S. The normalized spacial score (nSPS) is 11.3. The molecule has 0 radical (unpaired) electrons. The van der Waals surface area contributed by atoms with Gasteiger partial charge in [-0.15, -0.1) is 0 Å². The monoisotopic (exact) mass is 732 g/mol. The summed E-state index contributed by atoms with van der Waals surface area (Å²) in [5.74, 6) is 1.35.